The highest BCUT2D eigenvalue weighted by Crippen LogP contribution is 2.31. The number of ether oxygens (including phenoxy) is 2. The number of aliphatic hydroxyl groups excluding tert-OH is 3. The molecule has 0 bridgehead atoms. The highest BCUT2D eigenvalue weighted by atomic mass is 35.5. The molecule has 0 saturated heterocycles. The predicted octanol–water partition coefficient (Wildman–Crippen LogP) is 1.88. The summed E-state index contributed by atoms with van der Waals surface area (Å²) >= 11 is 11.6. The normalized spacial score (nSPS) is 13.8. The maximum Gasteiger partial charge on any atom is 0.206 e. The summed E-state index contributed by atoms with van der Waals surface area (Å²) in [6, 6.07) is 9.65. The minimum atomic E-state index is -3.82. The third-order valence-electron chi connectivity index (χ3n) is 3.61. The number of aliphatic hydroxyl groups is 3. The molecule has 2 aromatic rings. The molecule has 2 aromatic carbocycles. The summed E-state index contributed by atoms with van der Waals surface area (Å²) in [5.74, 6) is 0.588. The van der Waals surface area contributed by atoms with E-state index in [-0.39, 0.29) is 39.7 Å². The Hall–Kier alpha value is -1.55. The van der Waals surface area contributed by atoms with E-state index >= 15 is 0 Å². The van der Waals surface area contributed by atoms with Crippen molar-refractivity contribution < 1.29 is 33.2 Å². The first-order valence-electron chi connectivity index (χ1n) is 8.21. The first-order chi connectivity index (χ1) is 13.3. The molecule has 0 aliphatic rings. The number of rotatable bonds is 10. The molecule has 3 N–H and O–H groups in total. The first-order valence-corrected chi connectivity index (χ1v) is 10.6. The van der Waals surface area contributed by atoms with E-state index in [1.807, 2.05) is 0 Å². The number of alkyl halides is 1. The van der Waals surface area contributed by atoms with E-state index in [9.17, 15) is 18.6 Å². The van der Waals surface area contributed by atoms with Gasteiger partial charge in [0.15, 0.2) is 0 Å². The molecule has 0 aliphatic heterocycles. The Labute approximate surface area is 173 Å². The molecular formula is C18H20Cl2O7S. The van der Waals surface area contributed by atoms with Crippen molar-refractivity contribution in [3.05, 3.63) is 47.5 Å². The second-order valence-electron chi connectivity index (χ2n) is 5.83. The van der Waals surface area contributed by atoms with E-state index in [2.05, 4.69) is 0 Å². The number of halogens is 2. The maximum atomic E-state index is 12.8. The Morgan fingerprint density at radius 2 is 1.54 bits per heavy atom. The van der Waals surface area contributed by atoms with Crippen LogP contribution < -0.4 is 9.47 Å². The van der Waals surface area contributed by atoms with E-state index in [1.54, 1.807) is 0 Å². The molecular weight excluding hydrogens is 431 g/mol. The van der Waals surface area contributed by atoms with Gasteiger partial charge in [-0.15, -0.1) is 11.6 Å². The van der Waals surface area contributed by atoms with Crippen molar-refractivity contribution in [2.45, 2.75) is 22.0 Å². The molecule has 0 spiro atoms. The van der Waals surface area contributed by atoms with Gasteiger partial charge in [0.25, 0.3) is 0 Å². The van der Waals surface area contributed by atoms with E-state index in [0.717, 1.165) is 0 Å². The molecule has 154 valence electrons. The van der Waals surface area contributed by atoms with Crippen LogP contribution in [0.25, 0.3) is 0 Å². The van der Waals surface area contributed by atoms with Gasteiger partial charge in [-0.25, -0.2) is 8.42 Å². The quantitative estimate of drug-likeness (QED) is 0.473. The fourth-order valence-corrected chi connectivity index (χ4v) is 3.77. The lowest BCUT2D eigenvalue weighted by Gasteiger charge is -2.13. The van der Waals surface area contributed by atoms with Crippen molar-refractivity contribution in [1.82, 2.24) is 0 Å². The molecule has 0 radical (unpaired) electrons. The van der Waals surface area contributed by atoms with Crippen LogP contribution in [0.1, 0.15) is 0 Å². The van der Waals surface area contributed by atoms with Crippen LogP contribution in [0.2, 0.25) is 5.02 Å². The fraction of sp³-hybridized carbons (Fsp3) is 0.333. The average Bonchev–Trinajstić information content (AvgIpc) is 2.70. The van der Waals surface area contributed by atoms with Crippen LogP contribution in [0.4, 0.5) is 0 Å². The SMILES string of the molecule is O=S(=O)(c1ccc(OC[C@H](O)CO)cc1)c1ccc(OC[C@H](O)CCl)c(Cl)c1. The van der Waals surface area contributed by atoms with Gasteiger partial charge >= 0.3 is 0 Å². The molecule has 0 aromatic heterocycles. The van der Waals surface area contributed by atoms with Crippen LogP contribution in [0.3, 0.4) is 0 Å². The average molecular weight is 451 g/mol. The fourth-order valence-electron chi connectivity index (χ4n) is 2.09. The van der Waals surface area contributed by atoms with E-state index in [4.69, 9.17) is 37.8 Å². The van der Waals surface area contributed by atoms with E-state index in [0.29, 0.717) is 5.75 Å². The van der Waals surface area contributed by atoms with Gasteiger partial charge in [-0.1, -0.05) is 11.6 Å². The van der Waals surface area contributed by atoms with Crippen LogP contribution in [-0.4, -0.2) is 61.6 Å². The zero-order valence-corrected chi connectivity index (χ0v) is 17.0. The lowest BCUT2D eigenvalue weighted by Crippen LogP contribution is -2.21. The monoisotopic (exact) mass is 450 g/mol. The predicted molar refractivity (Wildman–Crippen MR) is 104 cm³/mol. The van der Waals surface area contributed by atoms with Crippen molar-refractivity contribution in [2.24, 2.45) is 0 Å². The Morgan fingerprint density at radius 3 is 2.11 bits per heavy atom. The van der Waals surface area contributed by atoms with Crippen molar-refractivity contribution in [3.8, 4) is 11.5 Å². The third kappa shape index (κ3) is 5.97. The van der Waals surface area contributed by atoms with Gasteiger partial charge in [0.1, 0.15) is 36.9 Å². The van der Waals surface area contributed by atoms with Gasteiger partial charge in [-0.2, -0.15) is 0 Å². The largest absolute Gasteiger partial charge is 0.491 e. The second-order valence-corrected chi connectivity index (χ2v) is 8.50. The molecule has 2 atom stereocenters. The lowest BCUT2D eigenvalue weighted by atomic mass is 10.3. The molecule has 10 heteroatoms. The zero-order valence-electron chi connectivity index (χ0n) is 14.7. The van der Waals surface area contributed by atoms with Crippen molar-refractivity contribution in [3.63, 3.8) is 0 Å². The summed E-state index contributed by atoms with van der Waals surface area (Å²) in [6.45, 7) is -0.613. The number of hydrogen-bond acceptors (Lipinski definition) is 7. The molecule has 0 aliphatic carbocycles. The number of hydrogen-bond donors (Lipinski definition) is 3. The Bertz CT molecular complexity index is 872. The van der Waals surface area contributed by atoms with Crippen LogP contribution in [0.5, 0.6) is 11.5 Å². The molecule has 0 heterocycles. The summed E-state index contributed by atoms with van der Waals surface area (Å²) in [7, 11) is -3.82. The Kier molecular flexibility index (Phi) is 8.36. The van der Waals surface area contributed by atoms with Crippen LogP contribution >= 0.6 is 23.2 Å². The van der Waals surface area contributed by atoms with Crippen molar-refractivity contribution >= 4 is 33.0 Å². The standard InChI is InChI=1S/C18H20Cl2O7S/c19-8-12(22)10-27-18-6-5-16(7-17(18)20)28(24,25)15-3-1-14(2-4-15)26-11-13(23)9-21/h1-7,12-13,21-23H,8-11H2/t12-,13-/m1/s1. The van der Waals surface area contributed by atoms with Gasteiger partial charge in [-0.3, -0.25) is 0 Å². The molecule has 0 saturated carbocycles. The second kappa shape index (κ2) is 10.3. The lowest BCUT2D eigenvalue weighted by molar-refractivity contribution is 0.0536. The first kappa shape index (κ1) is 22.7. The Morgan fingerprint density at radius 1 is 0.929 bits per heavy atom. The van der Waals surface area contributed by atoms with Crippen LogP contribution in [-0.2, 0) is 9.84 Å². The zero-order chi connectivity index (χ0) is 20.7. The number of sulfone groups is 1. The molecule has 28 heavy (non-hydrogen) atoms. The molecule has 0 amide bonds. The molecule has 7 nitrogen and oxygen atoms in total. The topological polar surface area (TPSA) is 113 Å². The van der Waals surface area contributed by atoms with Gasteiger partial charge in [0.05, 0.1) is 27.3 Å². The van der Waals surface area contributed by atoms with Crippen LogP contribution in [0.15, 0.2) is 52.3 Å². The Balaban J connectivity index is 2.14. The van der Waals surface area contributed by atoms with Gasteiger partial charge in [0, 0.05) is 0 Å². The van der Waals surface area contributed by atoms with Crippen molar-refractivity contribution in [1.29, 1.82) is 0 Å². The highest BCUT2D eigenvalue weighted by molar-refractivity contribution is 7.91. The van der Waals surface area contributed by atoms with Crippen LogP contribution in [0, 0.1) is 0 Å². The molecule has 0 fully saturated rings. The van der Waals surface area contributed by atoms with Gasteiger partial charge in [-0.05, 0) is 42.5 Å². The molecule has 2 rings (SSSR count). The molecule has 0 unspecified atom stereocenters. The third-order valence-corrected chi connectivity index (χ3v) is 6.03. The minimum Gasteiger partial charge on any atom is -0.491 e. The van der Waals surface area contributed by atoms with Gasteiger partial charge < -0.3 is 24.8 Å². The van der Waals surface area contributed by atoms with E-state index < -0.39 is 28.7 Å². The highest BCUT2D eigenvalue weighted by Gasteiger charge is 2.20. The van der Waals surface area contributed by atoms with Crippen molar-refractivity contribution in [2.75, 3.05) is 25.7 Å². The minimum absolute atomic E-state index is 0.00273. The summed E-state index contributed by atoms with van der Waals surface area (Å²) in [5, 5.41) is 27.5. The number of benzene rings is 2. The summed E-state index contributed by atoms with van der Waals surface area (Å²) in [4.78, 5) is 0.0111. The smallest absolute Gasteiger partial charge is 0.206 e. The van der Waals surface area contributed by atoms with E-state index in [1.165, 1.54) is 42.5 Å². The summed E-state index contributed by atoms with van der Waals surface area (Å²) in [5.41, 5.74) is 0. The maximum absolute atomic E-state index is 12.8. The van der Waals surface area contributed by atoms with Gasteiger partial charge in [0.2, 0.25) is 9.84 Å². The summed E-state index contributed by atoms with van der Waals surface area (Å²) in [6.07, 6.45) is -1.88. The summed E-state index contributed by atoms with van der Waals surface area (Å²) < 4.78 is 36.1.